The van der Waals surface area contributed by atoms with Gasteiger partial charge in [0.15, 0.2) is 0 Å². The second-order valence-electron chi connectivity index (χ2n) is 6.14. The first-order valence-corrected chi connectivity index (χ1v) is 8.28. The molecule has 1 saturated heterocycles. The van der Waals surface area contributed by atoms with Crippen LogP contribution in [-0.4, -0.2) is 49.5 Å². The van der Waals surface area contributed by atoms with Crippen molar-refractivity contribution >= 4 is 5.91 Å². The first-order chi connectivity index (χ1) is 12.0. The molecule has 2 aromatic heterocycles. The van der Waals surface area contributed by atoms with E-state index in [0.29, 0.717) is 30.4 Å². The Morgan fingerprint density at radius 3 is 2.80 bits per heavy atom. The standard InChI is InChI=1S/C17H21N5O3/c1-12-13(2)20-11-22(16(12)24)10-15(23)21-8-3-5-14(9-21)25-17-18-6-4-7-19-17/h4,6-7,11,14H,3,5,8-10H2,1-2H3/t14-/m1/s1. The maximum atomic E-state index is 12.6. The Hall–Kier alpha value is -2.77. The van der Waals surface area contributed by atoms with Crippen molar-refractivity contribution in [2.45, 2.75) is 39.3 Å². The molecule has 1 fully saturated rings. The SMILES string of the molecule is Cc1ncn(CC(=O)N2CCC[C@@H](Oc3ncccn3)C2)c(=O)c1C. The van der Waals surface area contributed by atoms with Gasteiger partial charge >= 0.3 is 6.01 Å². The molecular formula is C17H21N5O3. The normalized spacial score (nSPS) is 17.4. The average Bonchev–Trinajstić information content (AvgIpc) is 2.63. The minimum Gasteiger partial charge on any atom is -0.458 e. The minimum absolute atomic E-state index is 0.0124. The second-order valence-corrected chi connectivity index (χ2v) is 6.14. The summed E-state index contributed by atoms with van der Waals surface area (Å²) in [5.74, 6) is -0.116. The molecule has 0 bridgehead atoms. The molecule has 0 unspecified atom stereocenters. The molecule has 2 aromatic rings. The molecule has 3 rings (SSSR count). The van der Waals surface area contributed by atoms with Crippen LogP contribution in [0.5, 0.6) is 6.01 Å². The number of rotatable bonds is 4. The van der Waals surface area contributed by atoms with Crippen molar-refractivity contribution in [3.8, 4) is 6.01 Å². The number of hydrogen-bond acceptors (Lipinski definition) is 6. The van der Waals surface area contributed by atoms with Crippen LogP contribution < -0.4 is 10.3 Å². The Bertz CT molecular complexity index is 806. The predicted octanol–water partition coefficient (Wildman–Crippen LogP) is 0.720. The van der Waals surface area contributed by atoms with Crippen LogP contribution >= 0.6 is 0 Å². The molecular weight excluding hydrogens is 322 g/mol. The molecule has 0 saturated carbocycles. The number of hydrogen-bond donors (Lipinski definition) is 0. The van der Waals surface area contributed by atoms with Gasteiger partial charge in [0.1, 0.15) is 12.6 Å². The molecule has 0 aliphatic carbocycles. The largest absolute Gasteiger partial charge is 0.458 e. The van der Waals surface area contributed by atoms with Crippen LogP contribution in [0, 0.1) is 13.8 Å². The van der Waals surface area contributed by atoms with E-state index in [0.717, 1.165) is 12.8 Å². The molecule has 0 spiro atoms. The van der Waals surface area contributed by atoms with Crippen LogP contribution in [-0.2, 0) is 11.3 Å². The summed E-state index contributed by atoms with van der Waals surface area (Å²) >= 11 is 0. The number of carbonyl (C=O) groups is 1. The summed E-state index contributed by atoms with van der Waals surface area (Å²) < 4.78 is 7.10. The van der Waals surface area contributed by atoms with Crippen molar-refractivity contribution in [2.24, 2.45) is 0 Å². The van der Waals surface area contributed by atoms with E-state index in [2.05, 4.69) is 15.0 Å². The first kappa shape index (κ1) is 17.1. The molecule has 8 heteroatoms. The maximum Gasteiger partial charge on any atom is 0.316 e. The second kappa shape index (κ2) is 7.42. The topological polar surface area (TPSA) is 90.2 Å². The Morgan fingerprint density at radius 1 is 1.28 bits per heavy atom. The molecule has 1 aliphatic heterocycles. The highest BCUT2D eigenvalue weighted by Gasteiger charge is 2.25. The highest BCUT2D eigenvalue weighted by molar-refractivity contribution is 5.76. The van der Waals surface area contributed by atoms with Crippen LogP contribution in [0.3, 0.4) is 0 Å². The number of carbonyl (C=O) groups excluding carboxylic acids is 1. The third-order valence-electron chi connectivity index (χ3n) is 4.37. The molecule has 1 aliphatic rings. The van der Waals surface area contributed by atoms with E-state index in [4.69, 9.17) is 4.74 Å². The summed E-state index contributed by atoms with van der Waals surface area (Å²) in [6.07, 6.45) is 6.20. The number of aromatic nitrogens is 4. The van der Waals surface area contributed by atoms with Crippen molar-refractivity contribution in [3.63, 3.8) is 0 Å². The Kier molecular flexibility index (Phi) is 5.06. The number of piperidine rings is 1. The average molecular weight is 343 g/mol. The van der Waals surface area contributed by atoms with Crippen LogP contribution in [0.4, 0.5) is 0 Å². The van der Waals surface area contributed by atoms with Crippen molar-refractivity contribution in [2.75, 3.05) is 13.1 Å². The lowest BCUT2D eigenvalue weighted by Crippen LogP contribution is -2.46. The van der Waals surface area contributed by atoms with Gasteiger partial charge in [-0.2, -0.15) is 0 Å². The van der Waals surface area contributed by atoms with Crippen molar-refractivity contribution in [3.05, 3.63) is 46.4 Å². The zero-order valence-electron chi connectivity index (χ0n) is 14.4. The van der Waals surface area contributed by atoms with Gasteiger partial charge in [-0.3, -0.25) is 14.2 Å². The molecule has 0 N–H and O–H groups in total. The maximum absolute atomic E-state index is 12.6. The molecule has 132 valence electrons. The van der Waals surface area contributed by atoms with Gasteiger partial charge in [0.25, 0.3) is 5.56 Å². The van der Waals surface area contributed by atoms with E-state index >= 15 is 0 Å². The van der Waals surface area contributed by atoms with Gasteiger partial charge < -0.3 is 9.64 Å². The van der Waals surface area contributed by atoms with E-state index in [1.54, 1.807) is 37.2 Å². The summed E-state index contributed by atoms with van der Waals surface area (Å²) in [6.45, 7) is 4.60. The van der Waals surface area contributed by atoms with E-state index in [1.165, 1.54) is 10.9 Å². The quantitative estimate of drug-likeness (QED) is 0.812. The summed E-state index contributed by atoms with van der Waals surface area (Å²) in [5, 5.41) is 0. The number of ether oxygens (including phenoxy) is 1. The van der Waals surface area contributed by atoms with Crippen LogP contribution in [0.1, 0.15) is 24.1 Å². The van der Waals surface area contributed by atoms with Gasteiger partial charge in [0, 0.05) is 30.2 Å². The van der Waals surface area contributed by atoms with Crippen molar-refractivity contribution in [1.29, 1.82) is 0 Å². The van der Waals surface area contributed by atoms with E-state index in [-0.39, 0.29) is 24.1 Å². The number of nitrogens with zero attached hydrogens (tertiary/aromatic N) is 5. The zero-order chi connectivity index (χ0) is 17.8. The highest BCUT2D eigenvalue weighted by Crippen LogP contribution is 2.15. The summed E-state index contributed by atoms with van der Waals surface area (Å²) in [6, 6.07) is 2.04. The lowest BCUT2D eigenvalue weighted by Gasteiger charge is -2.32. The molecule has 3 heterocycles. The molecule has 1 amide bonds. The number of likely N-dealkylation sites (tertiary alicyclic amines) is 1. The lowest BCUT2D eigenvalue weighted by atomic mass is 10.1. The van der Waals surface area contributed by atoms with Crippen molar-refractivity contribution < 1.29 is 9.53 Å². The molecule has 0 radical (unpaired) electrons. The van der Waals surface area contributed by atoms with Crippen LogP contribution in [0.25, 0.3) is 0 Å². The fraction of sp³-hybridized carbons (Fsp3) is 0.471. The zero-order valence-corrected chi connectivity index (χ0v) is 14.4. The fourth-order valence-electron chi connectivity index (χ4n) is 2.79. The van der Waals surface area contributed by atoms with Gasteiger partial charge in [-0.25, -0.2) is 15.0 Å². The number of aryl methyl sites for hydroxylation is 1. The smallest absolute Gasteiger partial charge is 0.316 e. The van der Waals surface area contributed by atoms with Crippen molar-refractivity contribution in [1.82, 2.24) is 24.4 Å². The summed E-state index contributed by atoms with van der Waals surface area (Å²) in [4.78, 5) is 38.8. The lowest BCUT2D eigenvalue weighted by molar-refractivity contribution is -0.134. The monoisotopic (exact) mass is 343 g/mol. The third-order valence-corrected chi connectivity index (χ3v) is 4.37. The fourth-order valence-corrected chi connectivity index (χ4v) is 2.79. The van der Waals surface area contributed by atoms with E-state index in [1.807, 2.05) is 0 Å². The van der Waals surface area contributed by atoms with Gasteiger partial charge in [0.2, 0.25) is 5.91 Å². The molecule has 1 atom stereocenters. The van der Waals surface area contributed by atoms with Crippen LogP contribution in [0.15, 0.2) is 29.6 Å². The minimum atomic E-state index is -0.177. The Morgan fingerprint density at radius 2 is 2.04 bits per heavy atom. The summed E-state index contributed by atoms with van der Waals surface area (Å²) in [5.41, 5.74) is 1.07. The van der Waals surface area contributed by atoms with Crippen LogP contribution in [0.2, 0.25) is 0 Å². The Labute approximate surface area is 145 Å². The molecule has 25 heavy (non-hydrogen) atoms. The van der Waals surface area contributed by atoms with Gasteiger partial charge in [-0.1, -0.05) is 0 Å². The predicted molar refractivity (Wildman–Crippen MR) is 90.2 cm³/mol. The van der Waals surface area contributed by atoms with E-state index < -0.39 is 0 Å². The molecule has 0 aromatic carbocycles. The van der Waals surface area contributed by atoms with Gasteiger partial charge in [-0.15, -0.1) is 0 Å². The van der Waals surface area contributed by atoms with E-state index in [9.17, 15) is 9.59 Å². The molecule has 8 nitrogen and oxygen atoms in total. The summed E-state index contributed by atoms with van der Waals surface area (Å²) in [7, 11) is 0. The number of amides is 1. The van der Waals surface area contributed by atoms with Gasteiger partial charge in [0.05, 0.1) is 12.9 Å². The highest BCUT2D eigenvalue weighted by atomic mass is 16.5. The first-order valence-electron chi connectivity index (χ1n) is 8.28. The van der Waals surface area contributed by atoms with Gasteiger partial charge in [-0.05, 0) is 32.8 Å². The Balaban J connectivity index is 1.64. The third kappa shape index (κ3) is 4.01.